The van der Waals surface area contributed by atoms with E-state index in [0.717, 1.165) is 44.1 Å². The van der Waals surface area contributed by atoms with Crippen LogP contribution in [0.1, 0.15) is 32.5 Å². The van der Waals surface area contributed by atoms with Gasteiger partial charge in [0.15, 0.2) is 0 Å². The van der Waals surface area contributed by atoms with E-state index in [9.17, 15) is 0 Å². The second-order valence-corrected chi connectivity index (χ2v) is 4.39. The Hall–Kier alpha value is -1.36. The van der Waals surface area contributed by atoms with Crippen molar-refractivity contribution >= 4 is 5.82 Å². The molecule has 1 aliphatic heterocycles. The molecule has 1 N–H and O–H groups in total. The van der Waals surface area contributed by atoms with Crippen molar-refractivity contribution in [1.29, 1.82) is 0 Å². The number of hydrogen-bond donors (Lipinski definition) is 1. The van der Waals surface area contributed by atoms with Crippen molar-refractivity contribution in [2.24, 2.45) is 0 Å². The normalized spacial score (nSPS) is 18.9. The first-order chi connectivity index (χ1) is 8.81. The number of ether oxygens (including phenoxy) is 2. The Labute approximate surface area is 108 Å². The summed E-state index contributed by atoms with van der Waals surface area (Å²) in [5.41, 5.74) is 0. The van der Waals surface area contributed by atoms with E-state index in [4.69, 9.17) is 9.47 Å². The van der Waals surface area contributed by atoms with Crippen LogP contribution >= 0.6 is 0 Å². The van der Waals surface area contributed by atoms with Crippen LogP contribution in [-0.2, 0) is 11.2 Å². The molecular weight excluding hydrogens is 230 g/mol. The minimum atomic E-state index is 0.128. The first-order valence-corrected chi connectivity index (χ1v) is 6.68. The molecule has 100 valence electrons. The molecule has 0 saturated carbocycles. The summed E-state index contributed by atoms with van der Waals surface area (Å²) in [6.07, 6.45) is 2.93. The van der Waals surface area contributed by atoms with E-state index in [-0.39, 0.29) is 6.10 Å². The highest BCUT2D eigenvalue weighted by atomic mass is 16.5. The molecule has 0 amide bonds. The van der Waals surface area contributed by atoms with E-state index in [1.807, 2.05) is 13.0 Å². The van der Waals surface area contributed by atoms with Gasteiger partial charge >= 0.3 is 0 Å². The summed E-state index contributed by atoms with van der Waals surface area (Å²) in [6, 6.07) is 1.87. The fraction of sp³-hybridized carbons (Fsp3) is 0.692. The van der Waals surface area contributed by atoms with E-state index in [0.29, 0.717) is 12.5 Å². The Morgan fingerprint density at radius 3 is 3.00 bits per heavy atom. The highest BCUT2D eigenvalue weighted by Gasteiger charge is 2.18. The van der Waals surface area contributed by atoms with Crippen LogP contribution in [0.25, 0.3) is 0 Å². The Balaban J connectivity index is 2.06. The predicted octanol–water partition coefficient (Wildman–Crippen LogP) is 2.03. The lowest BCUT2D eigenvalue weighted by molar-refractivity contribution is 0.138. The van der Waals surface area contributed by atoms with Crippen molar-refractivity contribution in [3.63, 3.8) is 0 Å². The van der Waals surface area contributed by atoms with E-state index < -0.39 is 0 Å². The summed E-state index contributed by atoms with van der Waals surface area (Å²) in [7, 11) is 0. The lowest BCUT2D eigenvalue weighted by Crippen LogP contribution is -2.17. The summed E-state index contributed by atoms with van der Waals surface area (Å²) in [5.74, 6) is 2.30. The Kier molecular flexibility index (Phi) is 4.75. The zero-order chi connectivity index (χ0) is 12.8. The number of aryl methyl sites for hydroxylation is 1. The van der Waals surface area contributed by atoms with Gasteiger partial charge in [-0.15, -0.1) is 0 Å². The molecule has 2 rings (SSSR count). The predicted molar refractivity (Wildman–Crippen MR) is 70.0 cm³/mol. The molecule has 1 saturated heterocycles. The van der Waals surface area contributed by atoms with Crippen LogP contribution in [0.15, 0.2) is 6.07 Å². The molecule has 1 aromatic rings. The minimum absolute atomic E-state index is 0.128. The van der Waals surface area contributed by atoms with Gasteiger partial charge in [-0.2, -0.15) is 4.98 Å². The van der Waals surface area contributed by atoms with Gasteiger partial charge in [0.25, 0.3) is 0 Å². The maximum atomic E-state index is 5.82. The van der Waals surface area contributed by atoms with Crippen molar-refractivity contribution in [3.05, 3.63) is 11.9 Å². The summed E-state index contributed by atoms with van der Waals surface area (Å²) in [5, 5.41) is 3.27. The molecule has 18 heavy (non-hydrogen) atoms. The summed E-state index contributed by atoms with van der Waals surface area (Å²) < 4.78 is 11.1. The first-order valence-electron chi connectivity index (χ1n) is 6.68. The maximum absolute atomic E-state index is 5.82. The number of aromatic nitrogens is 2. The van der Waals surface area contributed by atoms with Crippen molar-refractivity contribution in [2.45, 2.75) is 39.2 Å². The fourth-order valence-corrected chi connectivity index (χ4v) is 1.81. The molecule has 1 aliphatic rings. The lowest BCUT2D eigenvalue weighted by atomic mass is 10.3. The number of hydrogen-bond acceptors (Lipinski definition) is 5. The molecule has 1 fully saturated rings. The van der Waals surface area contributed by atoms with Crippen LogP contribution in [0, 0.1) is 0 Å². The van der Waals surface area contributed by atoms with Crippen molar-refractivity contribution < 1.29 is 9.47 Å². The van der Waals surface area contributed by atoms with Gasteiger partial charge in [0, 0.05) is 25.5 Å². The van der Waals surface area contributed by atoms with Gasteiger partial charge in [0.1, 0.15) is 17.7 Å². The van der Waals surface area contributed by atoms with Crippen molar-refractivity contribution in [3.8, 4) is 5.88 Å². The molecule has 0 aliphatic carbocycles. The Morgan fingerprint density at radius 2 is 2.33 bits per heavy atom. The third kappa shape index (κ3) is 3.57. The van der Waals surface area contributed by atoms with Crippen molar-refractivity contribution in [1.82, 2.24) is 9.97 Å². The lowest BCUT2D eigenvalue weighted by Gasteiger charge is -2.13. The van der Waals surface area contributed by atoms with Gasteiger partial charge in [-0.25, -0.2) is 4.98 Å². The summed E-state index contributed by atoms with van der Waals surface area (Å²) in [6.45, 7) is 6.51. The molecule has 1 aromatic heterocycles. The van der Waals surface area contributed by atoms with Crippen LogP contribution in [0.2, 0.25) is 0 Å². The number of nitrogens with one attached hydrogen (secondary N) is 1. The third-order valence-corrected chi connectivity index (χ3v) is 2.80. The number of rotatable bonds is 6. The fourth-order valence-electron chi connectivity index (χ4n) is 1.81. The van der Waals surface area contributed by atoms with Crippen LogP contribution < -0.4 is 10.1 Å². The van der Waals surface area contributed by atoms with E-state index in [1.165, 1.54) is 0 Å². The Morgan fingerprint density at radius 1 is 1.44 bits per heavy atom. The molecule has 1 unspecified atom stereocenters. The smallest absolute Gasteiger partial charge is 0.219 e. The quantitative estimate of drug-likeness (QED) is 0.838. The summed E-state index contributed by atoms with van der Waals surface area (Å²) >= 11 is 0. The van der Waals surface area contributed by atoms with Gasteiger partial charge < -0.3 is 14.8 Å². The second-order valence-electron chi connectivity index (χ2n) is 4.39. The highest BCUT2D eigenvalue weighted by molar-refractivity contribution is 5.38. The van der Waals surface area contributed by atoms with Gasteiger partial charge in [-0.05, 0) is 6.42 Å². The number of nitrogens with zero attached hydrogens (tertiary/aromatic N) is 2. The summed E-state index contributed by atoms with van der Waals surface area (Å²) in [4.78, 5) is 8.83. The van der Waals surface area contributed by atoms with Gasteiger partial charge in [-0.3, -0.25) is 0 Å². The van der Waals surface area contributed by atoms with Gasteiger partial charge in [-0.1, -0.05) is 13.8 Å². The van der Waals surface area contributed by atoms with Crippen molar-refractivity contribution in [2.75, 3.05) is 25.1 Å². The van der Waals surface area contributed by atoms with Gasteiger partial charge in [0.2, 0.25) is 5.88 Å². The van der Waals surface area contributed by atoms with E-state index in [2.05, 4.69) is 22.2 Å². The van der Waals surface area contributed by atoms with E-state index >= 15 is 0 Å². The molecular formula is C13H21N3O2. The highest BCUT2D eigenvalue weighted by Crippen LogP contribution is 2.18. The molecule has 0 bridgehead atoms. The Bertz CT molecular complexity index is 378. The molecule has 0 spiro atoms. The monoisotopic (exact) mass is 251 g/mol. The number of anilines is 1. The third-order valence-electron chi connectivity index (χ3n) is 2.80. The van der Waals surface area contributed by atoms with Crippen LogP contribution in [0.3, 0.4) is 0 Å². The minimum Gasteiger partial charge on any atom is -0.472 e. The molecule has 5 nitrogen and oxygen atoms in total. The zero-order valence-corrected chi connectivity index (χ0v) is 11.1. The van der Waals surface area contributed by atoms with Crippen LogP contribution in [-0.4, -0.2) is 35.8 Å². The molecule has 1 atom stereocenters. The molecule has 0 radical (unpaired) electrons. The average molecular weight is 251 g/mol. The average Bonchev–Trinajstić information content (AvgIpc) is 2.89. The van der Waals surface area contributed by atoms with E-state index in [1.54, 1.807) is 0 Å². The molecule has 5 heteroatoms. The standard InChI is InChI=1S/C13H21N3O2/c1-3-6-14-12-8-13(16-11(4-2)15-12)18-10-5-7-17-9-10/h8,10H,3-7,9H2,1-2H3,(H,14,15,16). The molecule has 2 heterocycles. The topological polar surface area (TPSA) is 56.3 Å². The molecule has 0 aromatic carbocycles. The zero-order valence-electron chi connectivity index (χ0n) is 11.1. The second kappa shape index (κ2) is 6.54. The maximum Gasteiger partial charge on any atom is 0.219 e. The van der Waals surface area contributed by atoms with Crippen LogP contribution in [0.4, 0.5) is 5.82 Å². The first kappa shape index (κ1) is 13.1. The van der Waals surface area contributed by atoms with Gasteiger partial charge in [0.05, 0.1) is 13.2 Å². The largest absolute Gasteiger partial charge is 0.472 e. The van der Waals surface area contributed by atoms with Crippen LogP contribution in [0.5, 0.6) is 5.88 Å². The SMILES string of the molecule is CCCNc1cc(OC2CCOC2)nc(CC)n1.